The molecule has 1 unspecified atom stereocenters. The van der Waals surface area contributed by atoms with Crippen LogP contribution in [0.5, 0.6) is 0 Å². The van der Waals surface area contributed by atoms with Gasteiger partial charge in [-0.1, -0.05) is 17.7 Å². The van der Waals surface area contributed by atoms with E-state index in [1.807, 2.05) is 0 Å². The molecule has 0 bridgehead atoms. The van der Waals surface area contributed by atoms with Crippen LogP contribution < -0.4 is 5.32 Å². The van der Waals surface area contributed by atoms with Crippen LogP contribution in [0, 0.1) is 5.82 Å². The molecule has 5 heteroatoms. The molecule has 0 saturated carbocycles. The summed E-state index contributed by atoms with van der Waals surface area (Å²) in [5.41, 5.74) is 0.420. The molecule has 1 N–H and O–H groups in total. The Morgan fingerprint density at radius 1 is 1.65 bits per heavy atom. The predicted octanol–water partition coefficient (Wildman–Crippen LogP) is 2.47. The Balaban J connectivity index is 3.02. The monoisotopic (exact) mass is 257 g/mol. The number of halogens is 2. The van der Waals surface area contributed by atoms with Crippen molar-refractivity contribution in [2.75, 3.05) is 13.7 Å². The maximum absolute atomic E-state index is 13.2. The maximum atomic E-state index is 13.2. The number of hydrogen-bond donors (Lipinski definition) is 1. The lowest BCUT2D eigenvalue weighted by atomic mass is 10.1. The second kappa shape index (κ2) is 6.37. The summed E-state index contributed by atoms with van der Waals surface area (Å²) >= 11 is 5.74. The Kier molecular flexibility index (Phi) is 5.12. The number of methoxy groups -OCH3 is 1. The molecule has 0 aliphatic rings. The fraction of sp³-hybridized carbons (Fsp3) is 0.250. The van der Waals surface area contributed by atoms with Crippen LogP contribution in [0.1, 0.15) is 11.6 Å². The van der Waals surface area contributed by atoms with Gasteiger partial charge in [-0.25, -0.2) is 9.18 Å². The first kappa shape index (κ1) is 13.7. The van der Waals surface area contributed by atoms with Gasteiger partial charge < -0.3 is 4.74 Å². The standard InChI is InChI=1S/C12H13ClFNO2/c1-3-4-15-11(12(16)17-2)8-5-9(13)7-10(14)6-8/h3,5-7,11,15H,1,4H2,2H3. The van der Waals surface area contributed by atoms with Gasteiger partial charge in [-0.2, -0.15) is 0 Å². The molecule has 0 spiro atoms. The van der Waals surface area contributed by atoms with Gasteiger partial charge in [0.15, 0.2) is 0 Å². The molecule has 1 aromatic rings. The highest BCUT2D eigenvalue weighted by Crippen LogP contribution is 2.21. The molecule has 92 valence electrons. The quantitative estimate of drug-likeness (QED) is 0.651. The number of ether oxygens (including phenoxy) is 1. The zero-order valence-corrected chi connectivity index (χ0v) is 10.1. The molecule has 1 rings (SSSR count). The number of benzene rings is 1. The van der Waals surface area contributed by atoms with Gasteiger partial charge in [0.1, 0.15) is 11.9 Å². The SMILES string of the molecule is C=CCNC(C(=O)OC)c1cc(F)cc(Cl)c1. The minimum absolute atomic E-state index is 0.231. The molecule has 0 aliphatic carbocycles. The summed E-state index contributed by atoms with van der Waals surface area (Å²) in [7, 11) is 1.27. The second-order valence-corrected chi connectivity index (χ2v) is 3.79. The van der Waals surface area contributed by atoms with Gasteiger partial charge in [0.25, 0.3) is 0 Å². The van der Waals surface area contributed by atoms with E-state index in [0.29, 0.717) is 12.1 Å². The average Bonchev–Trinajstić information content (AvgIpc) is 2.28. The number of hydrogen-bond acceptors (Lipinski definition) is 3. The van der Waals surface area contributed by atoms with Gasteiger partial charge in [0, 0.05) is 11.6 Å². The molecule has 1 atom stereocenters. The summed E-state index contributed by atoms with van der Waals surface area (Å²) in [6.07, 6.45) is 1.59. The highest BCUT2D eigenvalue weighted by Gasteiger charge is 2.21. The third kappa shape index (κ3) is 3.84. The maximum Gasteiger partial charge on any atom is 0.327 e. The fourth-order valence-electron chi connectivity index (χ4n) is 1.40. The van der Waals surface area contributed by atoms with Crippen molar-refractivity contribution in [3.8, 4) is 0 Å². The van der Waals surface area contributed by atoms with Gasteiger partial charge >= 0.3 is 5.97 Å². The third-order valence-electron chi connectivity index (χ3n) is 2.12. The van der Waals surface area contributed by atoms with E-state index >= 15 is 0 Å². The van der Waals surface area contributed by atoms with Crippen molar-refractivity contribution in [2.45, 2.75) is 6.04 Å². The van der Waals surface area contributed by atoms with Crippen LogP contribution >= 0.6 is 11.6 Å². The molecule has 0 fully saturated rings. The minimum Gasteiger partial charge on any atom is -0.468 e. The molecule has 0 amide bonds. The Morgan fingerprint density at radius 2 is 2.35 bits per heavy atom. The molecular formula is C12H13ClFNO2. The van der Waals surface area contributed by atoms with E-state index in [0.717, 1.165) is 0 Å². The molecule has 1 aromatic carbocycles. The van der Waals surface area contributed by atoms with Crippen molar-refractivity contribution >= 4 is 17.6 Å². The van der Waals surface area contributed by atoms with Crippen LogP contribution in [0.4, 0.5) is 4.39 Å². The van der Waals surface area contributed by atoms with Crippen molar-refractivity contribution < 1.29 is 13.9 Å². The molecule has 0 radical (unpaired) electrons. The molecule has 0 heterocycles. The lowest BCUT2D eigenvalue weighted by Gasteiger charge is -2.16. The molecule has 0 saturated heterocycles. The van der Waals surface area contributed by atoms with Crippen LogP contribution in [0.15, 0.2) is 30.9 Å². The van der Waals surface area contributed by atoms with E-state index in [-0.39, 0.29) is 5.02 Å². The Labute approximate surface area is 104 Å². The number of carbonyl (C=O) groups is 1. The first-order valence-electron chi connectivity index (χ1n) is 4.96. The van der Waals surface area contributed by atoms with E-state index in [2.05, 4.69) is 16.6 Å². The number of nitrogens with one attached hydrogen (secondary N) is 1. The van der Waals surface area contributed by atoms with E-state index in [9.17, 15) is 9.18 Å². The minimum atomic E-state index is -0.758. The van der Waals surface area contributed by atoms with E-state index < -0.39 is 17.8 Å². The molecule has 3 nitrogen and oxygen atoms in total. The van der Waals surface area contributed by atoms with Crippen molar-refractivity contribution in [2.24, 2.45) is 0 Å². The lowest BCUT2D eigenvalue weighted by Crippen LogP contribution is -2.29. The molecule has 0 aromatic heterocycles. The third-order valence-corrected chi connectivity index (χ3v) is 2.34. The first-order valence-corrected chi connectivity index (χ1v) is 5.34. The van der Waals surface area contributed by atoms with Crippen LogP contribution in [0.3, 0.4) is 0 Å². The number of esters is 1. The van der Waals surface area contributed by atoms with Crippen molar-refractivity contribution in [1.29, 1.82) is 0 Å². The summed E-state index contributed by atoms with van der Waals surface area (Å²) in [5, 5.41) is 3.10. The summed E-state index contributed by atoms with van der Waals surface area (Å²) < 4.78 is 17.8. The van der Waals surface area contributed by atoms with Crippen LogP contribution in [-0.4, -0.2) is 19.6 Å². The topological polar surface area (TPSA) is 38.3 Å². The van der Waals surface area contributed by atoms with E-state index in [4.69, 9.17) is 11.6 Å². The highest BCUT2D eigenvalue weighted by atomic mass is 35.5. The van der Waals surface area contributed by atoms with Crippen molar-refractivity contribution in [3.63, 3.8) is 0 Å². The Hall–Kier alpha value is -1.39. The number of rotatable bonds is 5. The largest absolute Gasteiger partial charge is 0.468 e. The van der Waals surface area contributed by atoms with Gasteiger partial charge in [-0.05, 0) is 23.8 Å². The zero-order chi connectivity index (χ0) is 12.8. The second-order valence-electron chi connectivity index (χ2n) is 3.36. The Morgan fingerprint density at radius 3 is 2.88 bits per heavy atom. The fourth-order valence-corrected chi connectivity index (χ4v) is 1.63. The lowest BCUT2D eigenvalue weighted by molar-refractivity contribution is -0.143. The van der Waals surface area contributed by atoms with E-state index in [1.54, 1.807) is 6.08 Å². The number of carbonyl (C=O) groups excluding carboxylic acids is 1. The van der Waals surface area contributed by atoms with Crippen LogP contribution in [0.25, 0.3) is 0 Å². The van der Waals surface area contributed by atoms with E-state index in [1.165, 1.54) is 25.3 Å². The summed E-state index contributed by atoms with van der Waals surface area (Å²) in [5.74, 6) is -1.00. The first-order chi connectivity index (χ1) is 8.08. The van der Waals surface area contributed by atoms with Crippen molar-refractivity contribution in [3.05, 3.63) is 47.3 Å². The Bertz CT molecular complexity index is 403. The van der Waals surface area contributed by atoms with Crippen molar-refractivity contribution in [1.82, 2.24) is 5.32 Å². The summed E-state index contributed by atoms with van der Waals surface area (Å²) in [4.78, 5) is 11.6. The highest BCUT2D eigenvalue weighted by molar-refractivity contribution is 6.30. The summed E-state index contributed by atoms with van der Waals surface area (Å²) in [6.45, 7) is 3.93. The van der Waals surface area contributed by atoms with Gasteiger partial charge in [-0.3, -0.25) is 5.32 Å². The predicted molar refractivity (Wildman–Crippen MR) is 64.4 cm³/mol. The molecule has 0 aliphatic heterocycles. The zero-order valence-electron chi connectivity index (χ0n) is 9.37. The molecular weight excluding hydrogens is 245 g/mol. The van der Waals surface area contributed by atoms with Crippen LogP contribution in [-0.2, 0) is 9.53 Å². The average molecular weight is 258 g/mol. The van der Waals surface area contributed by atoms with Gasteiger partial charge in [-0.15, -0.1) is 6.58 Å². The van der Waals surface area contributed by atoms with Gasteiger partial charge in [0.05, 0.1) is 7.11 Å². The normalized spacial score (nSPS) is 11.9. The van der Waals surface area contributed by atoms with Crippen LogP contribution in [0.2, 0.25) is 5.02 Å². The summed E-state index contributed by atoms with van der Waals surface area (Å²) in [6, 6.07) is 3.17. The molecule has 17 heavy (non-hydrogen) atoms. The smallest absolute Gasteiger partial charge is 0.327 e. The van der Waals surface area contributed by atoms with Gasteiger partial charge in [0.2, 0.25) is 0 Å².